The molecule has 2 N–H and O–H groups in total. The van der Waals surface area contributed by atoms with Gasteiger partial charge in [0.2, 0.25) is 0 Å². The third-order valence-corrected chi connectivity index (χ3v) is 4.14. The van der Waals surface area contributed by atoms with Gasteiger partial charge in [-0.25, -0.2) is 9.97 Å². The lowest BCUT2D eigenvalue weighted by molar-refractivity contribution is 0.0935. The normalized spacial score (nSPS) is 20.3. The lowest BCUT2D eigenvalue weighted by atomic mass is 10.1. The van der Waals surface area contributed by atoms with Crippen molar-refractivity contribution in [2.45, 2.75) is 19.0 Å². The monoisotopic (exact) mass is 295 g/mol. The third-order valence-electron chi connectivity index (χ3n) is 4.14. The first-order valence-electron chi connectivity index (χ1n) is 7.54. The van der Waals surface area contributed by atoms with Crippen LogP contribution in [0.1, 0.15) is 34.9 Å². The molecule has 2 aliphatic heterocycles. The van der Waals surface area contributed by atoms with Gasteiger partial charge in [0.15, 0.2) is 0 Å². The van der Waals surface area contributed by atoms with Gasteiger partial charge in [-0.15, -0.1) is 0 Å². The number of hydrogen-bond donors (Lipinski definition) is 2. The summed E-state index contributed by atoms with van der Waals surface area (Å²) in [7, 11) is 0. The smallest absolute Gasteiger partial charge is 0.256 e. The summed E-state index contributed by atoms with van der Waals surface area (Å²) in [6, 6.07) is 7.54. The summed E-state index contributed by atoms with van der Waals surface area (Å²) in [4.78, 5) is 23.2. The lowest BCUT2D eigenvalue weighted by Crippen LogP contribution is -2.38. The Kier molecular flexibility index (Phi) is 3.14. The summed E-state index contributed by atoms with van der Waals surface area (Å²) in [6.45, 7) is 2.14. The van der Waals surface area contributed by atoms with Crippen molar-refractivity contribution in [3.8, 4) is 0 Å². The predicted molar refractivity (Wildman–Crippen MR) is 83.8 cm³/mol. The molecule has 4 heterocycles. The van der Waals surface area contributed by atoms with E-state index in [0.717, 1.165) is 24.5 Å². The number of anilines is 2. The minimum Gasteiger partial charge on any atom is -0.357 e. The van der Waals surface area contributed by atoms with Gasteiger partial charge in [-0.05, 0) is 37.1 Å². The van der Waals surface area contributed by atoms with E-state index in [0.29, 0.717) is 11.4 Å². The van der Waals surface area contributed by atoms with E-state index in [1.807, 2.05) is 18.3 Å². The summed E-state index contributed by atoms with van der Waals surface area (Å²) in [5, 5.41) is 6.17. The van der Waals surface area contributed by atoms with Crippen LogP contribution in [0.5, 0.6) is 0 Å². The lowest BCUT2D eigenvalue weighted by Gasteiger charge is -2.27. The topological polar surface area (TPSA) is 70.2 Å². The van der Waals surface area contributed by atoms with Gasteiger partial charge in [-0.1, -0.05) is 0 Å². The molecule has 0 aliphatic carbocycles. The molecule has 6 nitrogen and oxygen atoms in total. The van der Waals surface area contributed by atoms with Crippen LogP contribution in [0.3, 0.4) is 0 Å². The summed E-state index contributed by atoms with van der Waals surface area (Å²) >= 11 is 0. The van der Waals surface area contributed by atoms with Gasteiger partial charge >= 0.3 is 0 Å². The Morgan fingerprint density at radius 1 is 1.09 bits per heavy atom. The van der Waals surface area contributed by atoms with Crippen LogP contribution in [0.15, 0.2) is 36.7 Å². The highest BCUT2D eigenvalue weighted by atomic mass is 16.2. The zero-order valence-electron chi connectivity index (χ0n) is 12.1. The van der Waals surface area contributed by atoms with Crippen molar-refractivity contribution in [3.63, 3.8) is 0 Å². The Morgan fingerprint density at radius 3 is 2.73 bits per heavy atom. The van der Waals surface area contributed by atoms with Crippen molar-refractivity contribution in [1.29, 1.82) is 0 Å². The molecule has 0 aromatic carbocycles. The van der Waals surface area contributed by atoms with Crippen molar-refractivity contribution < 1.29 is 4.79 Å². The first kappa shape index (κ1) is 13.1. The highest BCUT2D eigenvalue weighted by Gasteiger charge is 2.25. The molecule has 6 heteroatoms. The van der Waals surface area contributed by atoms with Crippen LogP contribution in [-0.2, 0) is 0 Å². The fourth-order valence-corrected chi connectivity index (χ4v) is 2.95. The van der Waals surface area contributed by atoms with Crippen LogP contribution in [-0.4, -0.2) is 29.0 Å². The molecular weight excluding hydrogens is 278 g/mol. The van der Waals surface area contributed by atoms with E-state index in [2.05, 4.69) is 25.5 Å². The Labute approximate surface area is 128 Å². The predicted octanol–water partition coefficient (Wildman–Crippen LogP) is 1.93. The number of carbonyl (C=O) groups excluding carboxylic acids is 1. The minimum atomic E-state index is -0.296. The number of pyridine rings is 2. The Hall–Kier alpha value is -2.63. The Morgan fingerprint density at radius 2 is 1.95 bits per heavy atom. The Balaban J connectivity index is 1.56. The van der Waals surface area contributed by atoms with Gasteiger partial charge in [0, 0.05) is 31.0 Å². The Bertz CT molecular complexity index is 694. The molecule has 4 rings (SSSR count). The average Bonchev–Trinajstić information content (AvgIpc) is 3.09. The largest absolute Gasteiger partial charge is 0.357 e. The maximum atomic E-state index is 12.1. The molecule has 2 aromatic heterocycles. The van der Waals surface area contributed by atoms with Gasteiger partial charge in [0.25, 0.3) is 5.91 Å². The SMILES string of the molecule is O=C1NC(c2ccc(N3CCCC3)nc2)Nc2ncccc21. The molecule has 0 saturated carbocycles. The highest BCUT2D eigenvalue weighted by Crippen LogP contribution is 2.25. The van der Waals surface area contributed by atoms with E-state index in [1.165, 1.54) is 12.8 Å². The number of rotatable bonds is 2. The molecule has 1 unspecified atom stereocenters. The van der Waals surface area contributed by atoms with E-state index >= 15 is 0 Å². The molecule has 1 saturated heterocycles. The van der Waals surface area contributed by atoms with E-state index < -0.39 is 0 Å². The third kappa shape index (κ3) is 2.26. The van der Waals surface area contributed by atoms with Gasteiger partial charge in [-0.3, -0.25) is 4.79 Å². The van der Waals surface area contributed by atoms with Crippen molar-refractivity contribution in [2.24, 2.45) is 0 Å². The molecule has 1 atom stereocenters. The molecule has 22 heavy (non-hydrogen) atoms. The molecule has 112 valence electrons. The van der Waals surface area contributed by atoms with Crippen molar-refractivity contribution in [2.75, 3.05) is 23.3 Å². The second kappa shape index (κ2) is 5.29. The molecule has 2 aliphatic rings. The number of fused-ring (bicyclic) bond motifs is 1. The molecule has 1 amide bonds. The highest BCUT2D eigenvalue weighted by molar-refractivity contribution is 6.00. The molecule has 0 radical (unpaired) electrons. The fourth-order valence-electron chi connectivity index (χ4n) is 2.95. The molecule has 0 spiro atoms. The second-order valence-corrected chi connectivity index (χ2v) is 5.59. The maximum Gasteiger partial charge on any atom is 0.256 e. The van der Waals surface area contributed by atoms with Crippen LogP contribution in [0, 0.1) is 0 Å². The molecular formula is C16H17N5O. The number of carbonyl (C=O) groups is 1. The number of hydrogen-bond acceptors (Lipinski definition) is 5. The summed E-state index contributed by atoms with van der Waals surface area (Å²) < 4.78 is 0. The van der Waals surface area contributed by atoms with Crippen LogP contribution in [0.4, 0.5) is 11.6 Å². The van der Waals surface area contributed by atoms with Gasteiger partial charge in [0.1, 0.15) is 17.8 Å². The first-order chi connectivity index (χ1) is 10.8. The van der Waals surface area contributed by atoms with Crippen LogP contribution in [0.2, 0.25) is 0 Å². The van der Waals surface area contributed by atoms with Crippen molar-refractivity contribution in [3.05, 3.63) is 47.8 Å². The van der Waals surface area contributed by atoms with Crippen LogP contribution in [0.25, 0.3) is 0 Å². The first-order valence-corrected chi connectivity index (χ1v) is 7.54. The van der Waals surface area contributed by atoms with Gasteiger partial charge in [-0.2, -0.15) is 0 Å². The van der Waals surface area contributed by atoms with E-state index in [4.69, 9.17) is 0 Å². The summed E-state index contributed by atoms with van der Waals surface area (Å²) in [5.74, 6) is 1.50. The molecule has 2 aromatic rings. The summed E-state index contributed by atoms with van der Waals surface area (Å²) in [5.41, 5.74) is 1.49. The molecule has 0 bridgehead atoms. The van der Waals surface area contributed by atoms with E-state index in [9.17, 15) is 4.79 Å². The van der Waals surface area contributed by atoms with Gasteiger partial charge < -0.3 is 15.5 Å². The average molecular weight is 295 g/mol. The van der Waals surface area contributed by atoms with Crippen LogP contribution >= 0.6 is 0 Å². The van der Waals surface area contributed by atoms with E-state index in [-0.39, 0.29) is 12.1 Å². The number of nitrogens with one attached hydrogen (secondary N) is 2. The summed E-state index contributed by atoms with van der Waals surface area (Å²) in [6.07, 6.45) is 5.66. The number of aromatic nitrogens is 2. The van der Waals surface area contributed by atoms with Crippen LogP contribution < -0.4 is 15.5 Å². The number of nitrogens with zero attached hydrogens (tertiary/aromatic N) is 3. The molecule has 1 fully saturated rings. The number of amides is 1. The minimum absolute atomic E-state index is 0.115. The maximum absolute atomic E-state index is 12.1. The van der Waals surface area contributed by atoms with E-state index in [1.54, 1.807) is 18.3 Å². The van der Waals surface area contributed by atoms with Gasteiger partial charge in [0.05, 0.1) is 5.56 Å². The zero-order chi connectivity index (χ0) is 14.9. The standard InChI is InChI=1S/C16H17N5O/c22-16-12-4-3-7-17-15(12)19-14(20-16)11-5-6-13(18-10-11)21-8-1-2-9-21/h3-7,10,14H,1-2,8-9H2,(H,17,19)(H,20,22). The fraction of sp³-hybridized carbons (Fsp3) is 0.312. The van der Waals surface area contributed by atoms with Crippen molar-refractivity contribution in [1.82, 2.24) is 15.3 Å². The second-order valence-electron chi connectivity index (χ2n) is 5.59. The quantitative estimate of drug-likeness (QED) is 0.886. The van der Waals surface area contributed by atoms with Crippen molar-refractivity contribution >= 4 is 17.5 Å². The zero-order valence-corrected chi connectivity index (χ0v) is 12.1.